The van der Waals surface area contributed by atoms with Gasteiger partial charge in [-0.1, -0.05) is 54.6 Å². The van der Waals surface area contributed by atoms with E-state index in [1.807, 2.05) is 12.1 Å². The van der Waals surface area contributed by atoms with E-state index in [0.29, 0.717) is 23.5 Å². The molecule has 3 aromatic carbocycles. The average molecular weight is 328 g/mol. The second kappa shape index (κ2) is 5.38. The van der Waals surface area contributed by atoms with Crippen LogP contribution in [0, 0.1) is 5.92 Å². The van der Waals surface area contributed by atoms with Gasteiger partial charge in [0.05, 0.1) is 7.11 Å². The molecule has 1 N–H and O–H groups in total. The predicted molar refractivity (Wildman–Crippen MR) is 98.4 cm³/mol. The van der Waals surface area contributed by atoms with E-state index < -0.39 is 0 Å². The Hall–Kier alpha value is -2.74. The lowest BCUT2D eigenvalue weighted by molar-refractivity contribution is 0.372. The summed E-state index contributed by atoms with van der Waals surface area (Å²) in [6, 6.07) is 23.5. The van der Waals surface area contributed by atoms with E-state index in [2.05, 4.69) is 54.6 Å². The molecule has 0 aromatic heterocycles. The Bertz CT molecular complexity index is 946. The number of phenols is 1. The van der Waals surface area contributed by atoms with Gasteiger partial charge in [0.1, 0.15) is 0 Å². The van der Waals surface area contributed by atoms with E-state index in [-0.39, 0.29) is 5.75 Å². The summed E-state index contributed by atoms with van der Waals surface area (Å²) in [6.45, 7) is 0. The van der Waals surface area contributed by atoms with Gasteiger partial charge >= 0.3 is 0 Å². The number of fused-ring (bicyclic) bond motifs is 5. The van der Waals surface area contributed by atoms with Crippen LogP contribution in [0.25, 0.3) is 0 Å². The van der Waals surface area contributed by atoms with E-state index >= 15 is 0 Å². The van der Waals surface area contributed by atoms with Gasteiger partial charge in [-0.05, 0) is 52.3 Å². The van der Waals surface area contributed by atoms with Crippen LogP contribution in [0.4, 0.5) is 0 Å². The van der Waals surface area contributed by atoms with E-state index in [1.54, 1.807) is 7.11 Å². The fraction of sp³-hybridized carbons (Fsp3) is 0.217. The van der Waals surface area contributed by atoms with Crippen molar-refractivity contribution in [3.8, 4) is 11.5 Å². The highest BCUT2D eigenvalue weighted by molar-refractivity contribution is 5.60. The largest absolute Gasteiger partial charge is 0.504 e. The van der Waals surface area contributed by atoms with Crippen LogP contribution in [0.5, 0.6) is 11.5 Å². The van der Waals surface area contributed by atoms with Crippen molar-refractivity contribution in [3.63, 3.8) is 0 Å². The van der Waals surface area contributed by atoms with Gasteiger partial charge in [0.15, 0.2) is 11.5 Å². The Labute approximate surface area is 147 Å². The summed E-state index contributed by atoms with van der Waals surface area (Å²) in [4.78, 5) is 0. The summed E-state index contributed by atoms with van der Waals surface area (Å²) in [7, 11) is 1.62. The van der Waals surface area contributed by atoms with Crippen LogP contribution in [0.3, 0.4) is 0 Å². The summed E-state index contributed by atoms with van der Waals surface area (Å²) in [5.41, 5.74) is 6.75. The van der Waals surface area contributed by atoms with Crippen molar-refractivity contribution in [1.82, 2.24) is 0 Å². The van der Waals surface area contributed by atoms with Crippen LogP contribution in [0.2, 0.25) is 0 Å². The van der Waals surface area contributed by atoms with Crippen LogP contribution in [0.15, 0.2) is 66.7 Å². The highest BCUT2D eigenvalue weighted by Crippen LogP contribution is 2.59. The average Bonchev–Trinajstić information content (AvgIpc) is 3.16. The van der Waals surface area contributed by atoms with Crippen LogP contribution < -0.4 is 4.74 Å². The number of hydrogen-bond donors (Lipinski definition) is 1. The van der Waals surface area contributed by atoms with E-state index in [9.17, 15) is 5.11 Å². The molecule has 0 saturated carbocycles. The summed E-state index contributed by atoms with van der Waals surface area (Å²) < 4.78 is 5.40. The molecule has 25 heavy (non-hydrogen) atoms. The number of aromatic hydroxyl groups is 1. The molecule has 2 heteroatoms. The van der Waals surface area contributed by atoms with Gasteiger partial charge in [0, 0.05) is 11.8 Å². The second-order valence-corrected chi connectivity index (χ2v) is 7.09. The Morgan fingerprint density at radius 1 is 0.840 bits per heavy atom. The lowest BCUT2D eigenvalue weighted by atomic mass is 9.83. The maximum atomic E-state index is 10.4. The Balaban J connectivity index is 1.75. The van der Waals surface area contributed by atoms with Crippen LogP contribution in [0.1, 0.15) is 39.7 Å². The molecule has 3 aromatic rings. The summed E-state index contributed by atoms with van der Waals surface area (Å²) in [5.74, 6) is 1.99. The first-order chi connectivity index (χ1) is 12.3. The third kappa shape index (κ3) is 2.03. The number of phenolic OH excluding ortho intramolecular Hbond substituents is 1. The molecule has 0 aliphatic heterocycles. The van der Waals surface area contributed by atoms with Crippen molar-refractivity contribution >= 4 is 0 Å². The smallest absolute Gasteiger partial charge is 0.160 e. The summed E-state index contributed by atoms with van der Waals surface area (Å²) >= 11 is 0. The fourth-order valence-electron chi connectivity index (χ4n) is 4.95. The zero-order valence-corrected chi connectivity index (χ0v) is 14.1. The number of hydrogen-bond acceptors (Lipinski definition) is 2. The minimum atomic E-state index is 0.234. The van der Waals surface area contributed by atoms with Crippen LogP contribution in [-0.2, 0) is 6.42 Å². The SMILES string of the molecule is COc1cc2c(cc1O)[C@H]1c3ccccc3C[C@H]1[C@H]2c1ccccc1. The molecule has 0 spiro atoms. The molecule has 0 fully saturated rings. The summed E-state index contributed by atoms with van der Waals surface area (Å²) in [5, 5.41) is 10.4. The Kier molecular flexibility index (Phi) is 3.14. The molecular formula is C23H20O2. The molecule has 0 amide bonds. The van der Waals surface area contributed by atoms with Crippen LogP contribution >= 0.6 is 0 Å². The monoisotopic (exact) mass is 328 g/mol. The van der Waals surface area contributed by atoms with Gasteiger partial charge in [-0.25, -0.2) is 0 Å². The third-order valence-electron chi connectivity index (χ3n) is 5.92. The summed E-state index contributed by atoms with van der Waals surface area (Å²) in [6.07, 6.45) is 1.08. The maximum absolute atomic E-state index is 10.4. The first kappa shape index (κ1) is 14.6. The highest BCUT2D eigenvalue weighted by atomic mass is 16.5. The second-order valence-electron chi connectivity index (χ2n) is 7.09. The molecule has 2 aliphatic carbocycles. The molecular weight excluding hydrogens is 308 g/mol. The minimum absolute atomic E-state index is 0.234. The molecule has 0 heterocycles. The number of rotatable bonds is 2. The minimum Gasteiger partial charge on any atom is -0.504 e. The van der Waals surface area contributed by atoms with Crippen molar-refractivity contribution in [1.29, 1.82) is 0 Å². The fourth-order valence-corrected chi connectivity index (χ4v) is 4.95. The van der Waals surface area contributed by atoms with Crippen molar-refractivity contribution in [2.45, 2.75) is 18.3 Å². The molecule has 3 atom stereocenters. The first-order valence-corrected chi connectivity index (χ1v) is 8.81. The lowest BCUT2D eigenvalue weighted by Gasteiger charge is -2.20. The first-order valence-electron chi connectivity index (χ1n) is 8.81. The molecule has 0 saturated heterocycles. The van der Waals surface area contributed by atoms with Crippen molar-refractivity contribution in [2.24, 2.45) is 5.92 Å². The topological polar surface area (TPSA) is 29.5 Å². The molecule has 124 valence electrons. The Morgan fingerprint density at radius 2 is 1.56 bits per heavy atom. The van der Waals surface area contributed by atoms with E-state index in [0.717, 1.165) is 6.42 Å². The maximum Gasteiger partial charge on any atom is 0.160 e. The zero-order valence-electron chi connectivity index (χ0n) is 14.1. The van der Waals surface area contributed by atoms with Crippen molar-refractivity contribution < 1.29 is 9.84 Å². The highest BCUT2D eigenvalue weighted by Gasteiger charge is 2.46. The molecule has 0 radical (unpaired) electrons. The van der Waals surface area contributed by atoms with Gasteiger partial charge in [-0.2, -0.15) is 0 Å². The number of ether oxygens (including phenoxy) is 1. The Morgan fingerprint density at radius 3 is 2.36 bits per heavy atom. The van der Waals surface area contributed by atoms with E-state index in [1.165, 1.54) is 27.8 Å². The molecule has 2 aliphatic rings. The van der Waals surface area contributed by atoms with Gasteiger partial charge in [0.2, 0.25) is 0 Å². The predicted octanol–water partition coefficient (Wildman–Crippen LogP) is 4.85. The standard InChI is InChI=1S/C23H20O2/c1-25-21-13-18-17(12-20(21)24)23-16-10-6-5-9-15(16)11-19(23)22(18)14-7-3-2-4-8-14/h2-10,12-13,19,22-24H,11H2,1H3/t19-,22-,23+/m0/s1. The number of methoxy groups -OCH3 is 1. The lowest BCUT2D eigenvalue weighted by Crippen LogP contribution is -2.11. The van der Waals surface area contributed by atoms with Crippen molar-refractivity contribution in [3.05, 3.63) is 94.5 Å². The number of benzene rings is 3. The normalized spacial score (nSPS) is 23.0. The van der Waals surface area contributed by atoms with Gasteiger partial charge in [0.25, 0.3) is 0 Å². The quantitative estimate of drug-likeness (QED) is 0.728. The van der Waals surface area contributed by atoms with Gasteiger partial charge in [-0.3, -0.25) is 0 Å². The molecule has 5 rings (SSSR count). The van der Waals surface area contributed by atoms with Gasteiger partial charge in [-0.15, -0.1) is 0 Å². The van der Waals surface area contributed by atoms with Crippen molar-refractivity contribution in [2.75, 3.05) is 7.11 Å². The molecule has 0 bridgehead atoms. The molecule has 2 nitrogen and oxygen atoms in total. The zero-order chi connectivity index (χ0) is 17.0. The van der Waals surface area contributed by atoms with E-state index in [4.69, 9.17) is 4.74 Å². The van der Waals surface area contributed by atoms with Gasteiger partial charge < -0.3 is 9.84 Å². The van der Waals surface area contributed by atoms with Crippen LogP contribution in [-0.4, -0.2) is 12.2 Å². The molecule has 0 unspecified atom stereocenters. The third-order valence-corrected chi connectivity index (χ3v) is 5.92.